The van der Waals surface area contributed by atoms with E-state index in [0.29, 0.717) is 38.3 Å². The zero-order valence-corrected chi connectivity index (χ0v) is 11.8. The maximum absolute atomic E-state index is 12.0. The molecule has 1 unspecified atom stereocenters. The van der Waals surface area contributed by atoms with E-state index in [-0.39, 0.29) is 5.91 Å². The zero-order chi connectivity index (χ0) is 14.5. The molecule has 110 valence electrons. The molecule has 0 aliphatic carbocycles. The van der Waals surface area contributed by atoms with Crippen LogP contribution in [-0.2, 0) is 4.79 Å². The summed E-state index contributed by atoms with van der Waals surface area (Å²) in [5.41, 5.74) is 7.02. The van der Waals surface area contributed by atoms with Gasteiger partial charge >= 0.3 is 0 Å². The molecule has 5 heteroatoms. The van der Waals surface area contributed by atoms with Crippen LogP contribution in [-0.4, -0.2) is 30.7 Å². The first-order valence-electron chi connectivity index (χ1n) is 7.12. The van der Waals surface area contributed by atoms with Crippen molar-refractivity contribution in [2.24, 2.45) is 5.73 Å². The summed E-state index contributed by atoms with van der Waals surface area (Å²) in [6, 6.07) is 5.52. The van der Waals surface area contributed by atoms with E-state index in [4.69, 9.17) is 10.5 Å². The number of aliphatic hydroxyl groups is 1. The molecule has 0 radical (unpaired) electrons. The van der Waals surface area contributed by atoms with Crippen molar-refractivity contribution in [2.75, 3.05) is 24.6 Å². The summed E-state index contributed by atoms with van der Waals surface area (Å²) in [5, 5.41) is 10.1. The average Bonchev–Trinajstić information content (AvgIpc) is 2.50. The molecule has 0 aromatic heterocycles. The number of carbonyl (C=O) groups excluding carboxylic acids is 1. The van der Waals surface area contributed by atoms with Gasteiger partial charge in [-0.3, -0.25) is 4.79 Å². The molecule has 1 aliphatic heterocycles. The van der Waals surface area contributed by atoms with Gasteiger partial charge in [0.15, 0.2) is 0 Å². The van der Waals surface area contributed by atoms with Gasteiger partial charge in [0.25, 0.3) is 0 Å². The van der Waals surface area contributed by atoms with Crippen LogP contribution in [0.4, 0.5) is 5.69 Å². The Hall–Kier alpha value is -1.59. The molecule has 20 heavy (non-hydrogen) atoms. The first-order valence-corrected chi connectivity index (χ1v) is 7.12. The van der Waals surface area contributed by atoms with E-state index in [1.807, 2.05) is 25.1 Å². The smallest absolute Gasteiger partial charge is 0.226 e. The molecule has 0 bridgehead atoms. The lowest BCUT2D eigenvalue weighted by Crippen LogP contribution is -2.37. The predicted octanol–water partition coefficient (Wildman–Crippen LogP) is 1.59. The lowest BCUT2D eigenvalue weighted by molar-refractivity contribution is -0.118. The Morgan fingerprint density at radius 3 is 3.05 bits per heavy atom. The van der Waals surface area contributed by atoms with E-state index in [2.05, 4.69) is 0 Å². The molecular weight excluding hydrogens is 256 g/mol. The molecule has 0 spiro atoms. The first-order chi connectivity index (χ1) is 9.67. The highest BCUT2D eigenvalue weighted by atomic mass is 16.5. The van der Waals surface area contributed by atoms with Gasteiger partial charge in [-0.2, -0.15) is 0 Å². The van der Waals surface area contributed by atoms with Crippen molar-refractivity contribution in [1.82, 2.24) is 0 Å². The van der Waals surface area contributed by atoms with Gasteiger partial charge in [0, 0.05) is 6.42 Å². The lowest BCUT2D eigenvalue weighted by Gasteiger charge is -2.30. The topological polar surface area (TPSA) is 75.8 Å². The quantitative estimate of drug-likeness (QED) is 0.857. The van der Waals surface area contributed by atoms with Crippen molar-refractivity contribution in [3.63, 3.8) is 0 Å². The van der Waals surface area contributed by atoms with Crippen molar-refractivity contribution in [3.05, 3.63) is 23.8 Å². The Bertz CT molecular complexity index is 476. The lowest BCUT2D eigenvalue weighted by atomic mass is 10.0. The van der Waals surface area contributed by atoms with Crippen LogP contribution < -0.4 is 15.4 Å². The standard InChI is InChI=1S/C15H22N2O3/c1-2-15(19)17-8-9-20-14-6-5-11(10-12(14)17)13(18)4-3-7-16/h5-6,10,13,18H,2-4,7-9,16H2,1H3. The molecule has 5 nitrogen and oxygen atoms in total. The Morgan fingerprint density at radius 2 is 2.35 bits per heavy atom. The van der Waals surface area contributed by atoms with E-state index in [9.17, 15) is 9.90 Å². The number of nitrogens with zero attached hydrogens (tertiary/aromatic N) is 1. The minimum absolute atomic E-state index is 0.0724. The number of anilines is 1. The highest BCUT2D eigenvalue weighted by molar-refractivity contribution is 5.95. The molecule has 3 N–H and O–H groups in total. The Morgan fingerprint density at radius 1 is 1.55 bits per heavy atom. The number of hydrogen-bond acceptors (Lipinski definition) is 4. The number of amides is 1. The van der Waals surface area contributed by atoms with Crippen molar-refractivity contribution in [3.8, 4) is 5.75 Å². The summed E-state index contributed by atoms with van der Waals surface area (Å²) in [4.78, 5) is 13.7. The molecule has 0 saturated carbocycles. The summed E-state index contributed by atoms with van der Waals surface area (Å²) in [5.74, 6) is 0.774. The molecule has 0 saturated heterocycles. The molecular formula is C15H22N2O3. The van der Waals surface area contributed by atoms with E-state index in [0.717, 1.165) is 17.7 Å². The van der Waals surface area contributed by atoms with Gasteiger partial charge in [-0.15, -0.1) is 0 Å². The number of aliphatic hydroxyl groups excluding tert-OH is 1. The fraction of sp³-hybridized carbons (Fsp3) is 0.533. The van der Waals surface area contributed by atoms with Crippen molar-refractivity contribution >= 4 is 11.6 Å². The maximum atomic E-state index is 12.0. The second-order valence-electron chi connectivity index (χ2n) is 4.92. The summed E-state index contributed by atoms with van der Waals surface area (Å²) in [7, 11) is 0. The van der Waals surface area contributed by atoms with E-state index >= 15 is 0 Å². The van der Waals surface area contributed by atoms with Crippen LogP contribution in [0.15, 0.2) is 18.2 Å². The van der Waals surface area contributed by atoms with Gasteiger partial charge in [-0.05, 0) is 37.1 Å². The average molecular weight is 278 g/mol. The second-order valence-corrected chi connectivity index (χ2v) is 4.92. The molecule has 2 rings (SSSR count). The van der Waals surface area contributed by atoms with E-state index < -0.39 is 6.10 Å². The predicted molar refractivity (Wildman–Crippen MR) is 77.8 cm³/mol. The number of rotatable bonds is 5. The Kier molecular flexibility index (Phi) is 4.98. The van der Waals surface area contributed by atoms with Gasteiger partial charge in [0.1, 0.15) is 12.4 Å². The summed E-state index contributed by atoms with van der Waals surface area (Å²) >= 11 is 0. The van der Waals surface area contributed by atoms with Gasteiger partial charge in [-0.25, -0.2) is 0 Å². The van der Waals surface area contributed by atoms with Crippen LogP contribution in [0.5, 0.6) is 5.75 Å². The summed E-state index contributed by atoms with van der Waals surface area (Å²) in [6.07, 6.45) is 1.30. The van der Waals surface area contributed by atoms with Crippen molar-refractivity contribution in [1.29, 1.82) is 0 Å². The SMILES string of the molecule is CCC(=O)N1CCOc2ccc(C(O)CCCN)cc21. The fourth-order valence-electron chi connectivity index (χ4n) is 2.37. The van der Waals surface area contributed by atoms with Crippen LogP contribution in [0.1, 0.15) is 37.9 Å². The second kappa shape index (κ2) is 6.72. The summed E-state index contributed by atoms with van der Waals surface area (Å²) < 4.78 is 5.57. The third kappa shape index (κ3) is 3.11. The van der Waals surface area contributed by atoms with E-state index in [1.54, 1.807) is 4.90 Å². The molecule has 1 atom stereocenters. The normalized spacial score (nSPS) is 15.4. The third-order valence-corrected chi connectivity index (χ3v) is 3.52. The number of hydrogen-bond donors (Lipinski definition) is 2. The van der Waals surface area contributed by atoms with E-state index in [1.165, 1.54) is 0 Å². The monoisotopic (exact) mass is 278 g/mol. The molecule has 1 aliphatic rings. The Balaban J connectivity index is 2.25. The fourth-order valence-corrected chi connectivity index (χ4v) is 2.37. The molecule has 1 aromatic rings. The molecule has 1 amide bonds. The maximum Gasteiger partial charge on any atom is 0.226 e. The summed E-state index contributed by atoms with van der Waals surface area (Å²) in [6.45, 7) is 3.47. The highest BCUT2D eigenvalue weighted by Crippen LogP contribution is 2.35. The largest absolute Gasteiger partial charge is 0.490 e. The third-order valence-electron chi connectivity index (χ3n) is 3.52. The van der Waals surface area contributed by atoms with Crippen LogP contribution in [0.25, 0.3) is 0 Å². The number of benzene rings is 1. The number of ether oxygens (including phenoxy) is 1. The van der Waals surface area contributed by atoms with Crippen molar-refractivity contribution in [2.45, 2.75) is 32.3 Å². The number of carbonyl (C=O) groups is 1. The molecule has 1 aromatic carbocycles. The highest BCUT2D eigenvalue weighted by Gasteiger charge is 2.23. The van der Waals surface area contributed by atoms with Gasteiger partial charge in [-0.1, -0.05) is 13.0 Å². The van der Waals surface area contributed by atoms with Gasteiger partial charge in [0.05, 0.1) is 18.3 Å². The van der Waals surface area contributed by atoms with Crippen LogP contribution in [0, 0.1) is 0 Å². The van der Waals surface area contributed by atoms with Crippen LogP contribution in [0.3, 0.4) is 0 Å². The Labute approximate surface area is 119 Å². The first kappa shape index (κ1) is 14.8. The molecule has 1 heterocycles. The number of nitrogens with two attached hydrogens (primary N) is 1. The minimum atomic E-state index is -0.552. The van der Waals surface area contributed by atoms with Crippen LogP contribution in [0.2, 0.25) is 0 Å². The number of fused-ring (bicyclic) bond motifs is 1. The minimum Gasteiger partial charge on any atom is -0.490 e. The van der Waals surface area contributed by atoms with Crippen LogP contribution >= 0.6 is 0 Å². The van der Waals surface area contributed by atoms with Gasteiger partial charge in [0.2, 0.25) is 5.91 Å². The van der Waals surface area contributed by atoms with Gasteiger partial charge < -0.3 is 20.5 Å². The zero-order valence-electron chi connectivity index (χ0n) is 11.8. The molecule has 0 fully saturated rings. The van der Waals surface area contributed by atoms with Crippen molar-refractivity contribution < 1.29 is 14.6 Å².